The van der Waals surface area contributed by atoms with Gasteiger partial charge in [-0.05, 0) is 57.0 Å². The Morgan fingerprint density at radius 3 is 2.75 bits per heavy atom. The van der Waals surface area contributed by atoms with Gasteiger partial charge < -0.3 is 5.32 Å². The van der Waals surface area contributed by atoms with E-state index in [1.165, 1.54) is 5.57 Å². The molecule has 0 amide bonds. The van der Waals surface area contributed by atoms with E-state index in [1.54, 1.807) is 0 Å². The fourth-order valence-electron chi connectivity index (χ4n) is 1.29. The van der Waals surface area contributed by atoms with Crippen LogP contribution < -0.4 is 5.32 Å². The fourth-order valence-corrected chi connectivity index (χ4v) is 2.39. The summed E-state index contributed by atoms with van der Waals surface area (Å²) in [5, 5.41) is 3.33. The molecule has 0 aliphatic heterocycles. The second-order valence-corrected chi connectivity index (χ2v) is 5.23. The van der Waals surface area contributed by atoms with E-state index >= 15 is 0 Å². The van der Waals surface area contributed by atoms with Gasteiger partial charge in [0.15, 0.2) is 0 Å². The minimum atomic E-state index is 0.928. The topological polar surface area (TPSA) is 24.9 Å². The number of hydrogen-bond acceptors (Lipinski definition) is 2. The van der Waals surface area contributed by atoms with Crippen LogP contribution in [0.5, 0.6) is 0 Å². The molecule has 1 aromatic rings. The minimum absolute atomic E-state index is 0.928. The summed E-state index contributed by atoms with van der Waals surface area (Å²) < 4.78 is 2.01. The van der Waals surface area contributed by atoms with Gasteiger partial charge >= 0.3 is 0 Å². The number of nitrogens with zero attached hydrogens (tertiary/aromatic N) is 1. The Balaban J connectivity index is 2.86. The van der Waals surface area contributed by atoms with Crippen molar-refractivity contribution in [2.45, 2.75) is 20.3 Å². The van der Waals surface area contributed by atoms with Crippen LogP contribution in [0.1, 0.15) is 26.0 Å². The molecular formula is C12H16Br2N2. The smallest absolute Gasteiger partial charge is 0.0772 e. The molecule has 1 rings (SSSR count). The maximum atomic E-state index is 4.38. The Kier molecular flexibility index (Phi) is 6.24. The summed E-state index contributed by atoms with van der Waals surface area (Å²) in [6.07, 6.45) is 4.99. The van der Waals surface area contributed by atoms with Gasteiger partial charge in [0, 0.05) is 21.7 Å². The zero-order valence-electron chi connectivity index (χ0n) is 9.56. The summed E-state index contributed by atoms with van der Waals surface area (Å²) in [4.78, 5) is 4.38. The van der Waals surface area contributed by atoms with Gasteiger partial charge in [-0.15, -0.1) is 0 Å². The Morgan fingerprint density at radius 1 is 1.44 bits per heavy atom. The maximum Gasteiger partial charge on any atom is 0.0772 e. The molecule has 0 unspecified atom stereocenters. The van der Waals surface area contributed by atoms with Crippen molar-refractivity contribution in [1.82, 2.24) is 10.3 Å². The number of halogens is 2. The van der Waals surface area contributed by atoms with E-state index in [1.807, 2.05) is 12.3 Å². The molecule has 1 aromatic heterocycles. The molecule has 16 heavy (non-hydrogen) atoms. The minimum Gasteiger partial charge on any atom is -0.313 e. The Morgan fingerprint density at radius 2 is 2.19 bits per heavy atom. The van der Waals surface area contributed by atoms with Crippen molar-refractivity contribution in [2.24, 2.45) is 0 Å². The van der Waals surface area contributed by atoms with Crippen LogP contribution in [0.25, 0.3) is 6.08 Å². The van der Waals surface area contributed by atoms with Crippen LogP contribution in [0.3, 0.4) is 0 Å². The van der Waals surface area contributed by atoms with Gasteiger partial charge in [0.2, 0.25) is 0 Å². The lowest BCUT2D eigenvalue weighted by Crippen LogP contribution is -2.15. The predicted molar refractivity (Wildman–Crippen MR) is 76.4 cm³/mol. The lowest BCUT2D eigenvalue weighted by atomic mass is 10.1. The molecule has 0 atom stereocenters. The SMILES string of the molecule is CCNCC(=Cc1ncc(Br)cc1Br)CC. The van der Waals surface area contributed by atoms with E-state index in [9.17, 15) is 0 Å². The van der Waals surface area contributed by atoms with Gasteiger partial charge in [-0.3, -0.25) is 4.98 Å². The quantitative estimate of drug-likeness (QED) is 0.870. The number of nitrogens with one attached hydrogen (secondary N) is 1. The zero-order valence-corrected chi connectivity index (χ0v) is 12.7. The predicted octanol–water partition coefficient (Wildman–Crippen LogP) is 4.01. The highest BCUT2D eigenvalue weighted by molar-refractivity contribution is 9.11. The van der Waals surface area contributed by atoms with E-state index in [-0.39, 0.29) is 0 Å². The second-order valence-electron chi connectivity index (χ2n) is 3.46. The molecule has 88 valence electrons. The largest absolute Gasteiger partial charge is 0.313 e. The van der Waals surface area contributed by atoms with Crippen molar-refractivity contribution < 1.29 is 0 Å². The molecule has 0 saturated heterocycles. The van der Waals surface area contributed by atoms with Crippen LogP contribution in [-0.4, -0.2) is 18.1 Å². The van der Waals surface area contributed by atoms with E-state index in [4.69, 9.17) is 0 Å². The standard InChI is InChI=1S/C12H16Br2N2/c1-3-9(7-15-4-2)5-12-11(14)6-10(13)8-16-12/h5-6,8,15H,3-4,7H2,1-2H3. The lowest BCUT2D eigenvalue weighted by molar-refractivity contribution is 0.762. The molecule has 0 radical (unpaired) electrons. The maximum absolute atomic E-state index is 4.38. The Bertz CT molecular complexity index is 375. The normalized spacial score (nSPS) is 11.9. The molecule has 2 nitrogen and oxygen atoms in total. The first kappa shape index (κ1) is 13.9. The summed E-state index contributed by atoms with van der Waals surface area (Å²) in [5.41, 5.74) is 2.34. The third kappa shape index (κ3) is 4.36. The molecule has 0 saturated carbocycles. The summed E-state index contributed by atoms with van der Waals surface area (Å²) in [6.45, 7) is 6.19. The lowest BCUT2D eigenvalue weighted by Gasteiger charge is -2.06. The average molecular weight is 348 g/mol. The fraction of sp³-hybridized carbons (Fsp3) is 0.417. The van der Waals surface area contributed by atoms with Crippen molar-refractivity contribution in [1.29, 1.82) is 0 Å². The number of rotatable bonds is 5. The molecule has 1 N–H and O–H groups in total. The summed E-state index contributed by atoms with van der Waals surface area (Å²) in [7, 11) is 0. The van der Waals surface area contributed by atoms with Gasteiger partial charge in [-0.25, -0.2) is 0 Å². The van der Waals surface area contributed by atoms with Gasteiger partial charge in [0.1, 0.15) is 0 Å². The average Bonchev–Trinajstić information content (AvgIpc) is 2.27. The third-order valence-electron chi connectivity index (χ3n) is 2.23. The molecule has 0 bridgehead atoms. The van der Waals surface area contributed by atoms with Gasteiger partial charge in [0.05, 0.1) is 5.69 Å². The van der Waals surface area contributed by atoms with Gasteiger partial charge in [-0.2, -0.15) is 0 Å². The summed E-state index contributed by atoms with van der Waals surface area (Å²) >= 11 is 6.91. The number of aromatic nitrogens is 1. The van der Waals surface area contributed by atoms with Crippen LogP contribution in [-0.2, 0) is 0 Å². The summed E-state index contributed by atoms with van der Waals surface area (Å²) in [6, 6.07) is 2.01. The summed E-state index contributed by atoms with van der Waals surface area (Å²) in [5.74, 6) is 0. The number of likely N-dealkylation sites (N-methyl/N-ethyl adjacent to an activating group) is 1. The van der Waals surface area contributed by atoms with Gasteiger partial charge in [-0.1, -0.05) is 19.4 Å². The van der Waals surface area contributed by atoms with Crippen LogP contribution in [0.4, 0.5) is 0 Å². The van der Waals surface area contributed by atoms with Crippen LogP contribution >= 0.6 is 31.9 Å². The first-order valence-corrected chi connectivity index (χ1v) is 6.97. The first-order valence-electron chi connectivity index (χ1n) is 5.38. The molecular weight excluding hydrogens is 332 g/mol. The van der Waals surface area contributed by atoms with E-state index in [0.29, 0.717) is 0 Å². The molecule has 1 heterocycles. The van der Waals surface area contributed by atoms with Crippen molar-refractivity contribution in [3.05, 3.63) is 32.5 Å². The molecule has 0 aliphatic rings. The van der Waals surface area contributed by atoms with Crippen LogP contribution in [0.2, 0.25) is 0 Å². The van der Waals surface area contributed by atoms with Crippen LogP contribution in [0, 0.1) is 0 Å². The molecule has 0 aromatic carbocycles. The van der Waals surface area contributed by atoms with E-state index in [0.717, 1.165) is 34.1 Å². The zero-order chi connectivity index (χ0) is 12.0. The van der Waals surface area contributed by atoms with Crippen molar-refractivity contribution in [3.8, 4) is 0 Å². The third-order valence-corrected chi connectivity index (χ3v) is 3.30. The number of pyridine rings is 1. The second kappa shape index (κ2) is 7.20. The Hall–Kier alpha value is -0.190. The van der Waals surface area contributed by atoms with Gasteiger partial charge in [0.25, 0.3) is 0 Å². The molecule has 0 spiro atoms. The molecule has 4 heteroatoms. The van der Waals surface area contributed by atoms with Crippen molar-refractivity contribution in [2.75, 3.05) is 13.1 Å². The highest BCUT2D eigenvalue weighted by Gasteiger charge is 2.01. The first-order chi connectivity index (χ1) is 7.67. The van der Waals surface area contributed by atoms with Crippen LogP contribution in [0.15, 0.2) is 26.8 Å². The highest BCUT2D eigenvalue weighted by atomic mass is 79.9. The molecule has 0 fully saturated rings. The van der Waals surface area contributed by atoms with Crippen molar-refractivity contribution >= 4 is 37.9 Å². The monoisotopic (exact) mass is 346 g/mol. The Labute approximate surface area is 114 Å². The highest BCUT2D eigenvalue weighted by Crippen LogP contribution is 2.21. The number of hydrogen-bond donors (Lipinski definition) is 1. The van der Waals surface area contributed by atoms with E-state index < -0.39 is 0 Å². The van der Waals surface area contributed by atoms with Crippen molar-refractivity contribution in [3.63, 3.8) is 0 Å². The molecule has 0 aliphatic carbocycles. The van der Waals surface area contributed by atoms with E-state index in [2.05, 4.69) is 62.1 Å².